The molecule has 0 spiro atoms. The molecule has 0 aliphatic rings. The highest BCUT2D eigenvalue weighted by atomic mass is 32.2. The number of halogens is 1. The molecular formula is C11H11FN2O6S. The molecule has 0 saturated carbocycles. The Balaban J connectivity index is 3.28. The van der Waals surface area contributed by atoms with Crippen molar-refractivity contribution in [1.29, 1.82) is 0 Å². The average molecular weight is 318 g/mol. The average Bonchev–Trinajstić information content (AvgIpc) is 2.29. The second-order valence-corrected chi connectivity index (χ2v) is 6.02. The van der Waals surface area contributed by atoms with Gasteiger partial charge in [0.2, 0.25) is 5.91 Å². The number of carboxylic acids is 1. The van der Waals surface area contributed by atoms with Crippen molar-refractivity contribution in [2.75, 3.05) is 5.75 Å². The van der Waals surface area contributed by atoms with Crippen molar-refractivity contribution in [2.24, 2.45) is 5.73 Å². The number of primary amides is 1. The lowest BCUT2D eigenvalue weighted by Crippen LogP contribution is -2.38. The Morgan fingerprint density at radius 3 is 2.38 bits per heavy atom. The van der Waals surface area contributed by atoms with Gasteiger partial charge in [0.25, 0.3) is 0 Å². The van der Waals surface area contributed by atoms with Crippen molar-refractivity contribution in [3.05, 3.63) is 29.1 Å². The maximum atomic E-state index is 13.6. The Kier molecular flexibility index (Phi) is 4.63. The molecule has 4 N–H and O–H groups in total. The molecule has 3 amide bonds. The van der Waals surface area contributed by atoms with Gasteiger partial charge in [-0.15, -0.1) is 0 Å². The smallest absolute Gasteiger partial charge is 0.335 e. The Morgan fingerprint density at radius 2 is 1.90 bits per heavy atom. The highest BCUT2D eigenvalue weighted by Crippen LogP contribution is 2.22. The van der Waals surface area contributed by atoms with Gasteiger partial charge in [-0.05, 0) is 19.1 Å². The van der Waals surface area contributed by atoms with Crippen LogP contribution in [0.4, 0.5) is 9.18 Å². The van der Waals surface area contributed by atoms with E-state index in [2.05, 4.69) is 5.73 Å². The fraction of sp³-hybridized carbons (Fsp3) is 0.182. The summed E-state index contributed by atoms with van der Waals surface area (Å²) < 4.78 is 37.6. The molecule has 0 unspecified atom stereocenters. The molecule has 0 aliphatic heterocycles. The number of imide groups is 1. The van der Waals surface area contributed by atoms with Crippen LogP contribution in [-0.4, -0.2) is 37.2 Å². The zero-order valence-electron chi connectivity index (χ0n) is 10.7. The molecule has 8 nitrogen and oxygen atoms in total. The molecule has 0 heterocycles. The molecule has 10 heteroatoms. The van der Waals surface area contributed by atoms with Gasteiger partial charge in [-0.2, -0.15) is 0 Å². The highest BCUT2D eigenvalue weighted by molar-refractivity contribution is 7.92. The van der Waals surface area contributed by atoms with Gasteiger partial charge in [-0.3, -0.25) is 10.1 Å². The van der Waals surface area contributed by atoms with Gasteiger partial charge in [0.1, 0.15) is 11.6 Å². The third kappa shape index (κ3) is 3.99. The molecule has 0 bridgehead atoms. The molecule has 0 aromatic heterocycles. The summed E-state index contributed by atoms with van der Waals surface area (Å²) in [5.41, 5.74) is 3.76. The lowest BCUT2D eigenvalue weighted by molar-refractivity contribution is -0.117. The molecule has 0 aliphatic carbocycles. The van der Waals surface area contributed by atoms with E-state index in [1.54, 1.807) is 5.32 Å². The van der Waals surface area contributed by atoms with E-state index >= 15 is 0 Å². The molecule has 114 valence electrons. The van der Waals surface area contributed by atoms with Crippen molar-refractivity contribution in [1.82, 2.24) is 5.32 Å². The summed E-state index contributed by atoms with van der Waals surface area (Å²) in [5.74, 6) is -4.93. The van der Waals surface area contributed by atoms with Crippen LogP contribution in [0.25, 0.3) is 0 Å². The van der Waals surface area contributed by atoms with Crippen LogP contribution in [0.3, 0.4) is 0 Å². The van der Waals surface area contributed by atoms with Gasteiger partial charge >= 0.3 is 12.0 Å². The lowest BCUT2D eigenvalue weighted by atomic mass is 10.1. The van der Waals surface area contributed by atoms with Crippen LogP contribution in [0.1, 0.15) is 15.9 Å². The van der Waals surface area contributed by atoms with E-state index in [-0.39, 0.29) is 5.56 Å². The summed E-state index contributed by atoms with van der Waals surface area (Å²) in [6, 6.07) is 0.172. The van der Waals surface area contributed by atoms with E-state index < -0.39 is 49.8 Å². The summed E-state index contributed by atoms with van der Waals surface area (Å²) in [6.45, 7) is 1.12. The fourth-order valence-electron chi connectivity index (χ4n) is 1.52. The summed E-state index contributed by atoms with van der Waals surface area (Å²) in [7, 11) is -4.34. The summed E-state index contributed by atoms with van der Waals surface area (Å²) in [5, 5.41) is 10.3. The second kappa shape index (κ2) is 5.87. The van der Waals surface area contributed by atoms with Crippen molar-refractivity contribution in [3.63, 3.8) is 0 Å². The van der Waals surface area contributed by atoms with Crippen LogP contribution >= 0.6 is 0 Å². The summed E-state index contributed by atoms with van der Waals surface area (Å²) >= 11 is 0. The number of carboxylic acid groups (broad SMARTS) is 1. The number of nitrogens with two attached hydrogens (primary N) is 1. The predicted molar refractivity (Wildman–Crippen MR) is 67.9 cm³/mol. The molecule has 0 saturated heterocycles. The number of urea groups is 1. The number of benzene rings is 1. The normalized spacial score (nSPS) is 11.0. The maximum Gasteiger partial charge on any atom is 0.335 e. The number of nitrogens with one attached hydrogen (secondary N) is 1. The van der Waals surface area contributed by atoms with Crippen LogP contribution in [0.2, 0.25) is 0 Å². The minimum atomic E-state index is -4.34. The van der Waals surface area contributed by atoms with Crippen LogP contribution in [-0.2, 0) is 14.6 Å². The lowest BCUT2D eigenvalue weighted by Gasteiger charge is -2.09. The van der Waals surface area contributed by atoms with Gasteiger partial charge in [0, 0.05) is 5.56 Å². The van der Waals surface area contributed by atoms with E-state index in [0.717, 1.165) is 13.0 Å². The van der Waals surface area contributed by atoms with Crippen LogP contribution < -0.4 is 11.1 Å². The number of hydrogen-bond donors (Lipinski definition) is 3. The third-order valence-corrected chi connectivity index (χ3v) is 4.20. The Hall–Kier alpha value is -2.49. The first kappa shape index (κ1) is 16.6. The molecular weight excluding hydrogens is 307 g/mol. The van der Waals surface area contributed by atoms with E-state index in [4.69, 9.17) is 5.11 Å². The predicted octanol–water partition coefficient (Wildman–Crippen LogP) is -0.199. The monoisotopic (exact) mass is 318 g/mol. The zero-order valence-corrected chi connectivity index (χ0v) is 11.5. The quantitative estimate of drug-likeness (QED) is 0.701. The van der Waals surface area contributed by atoms with E-state index in [0.29, 0.717) is 6.07 Å². The summed E-state index contributed by atoms with van der Waals surface area (Å²) in [4.78, 5) is 31.9. The number of carbonyl (C=O) groups excluding carboxylic acids is 2. The van der Waals surface area contributed by atoms with E-state index in [1.165, 1.54) is 0 Å². The minimum Gasteiger partial charge on any atom is -0.478 e. The second-order valence-electron chi connectivity index (χ2n) is 4.06. The number of amides is 3. The van der Waals surface area contributed by atoms with Crippen LogP contribution in [0.5, 0.6) is 0 Å². The number of sulfone groups is 1. The van der Waals surface area contributed by atoms with Gasteiger partial charge in [-0.1, -0.05) is 0 Å². The first-order valence-corrected chi connectivity index (χ1v) is 7.05. The highest BCUT2D eigenvalue weighted by Gasteiger charge is 2.25. The molecule has 21 heavy (non-hydrogen) atoms. The minimum absolute atomic E-state index is 0.327. The molecule has 1 aromatic carbocycles. The van der Waals surface area contributed by atoms with Crippen molar-refractivity contribution in [3.8, 4) is 0 Å². The van der Waals surface area contributed by atoms with E-state index in [1.807, 2.05) is 0 Å². The number of carbonyl (C=O) groups is 3. The maximum absolute atomic E-state index is 13.6. The Bertz CT molecular complexity index is 728. The molecule has 0 fully saturated rings. The van der Waals surface area contributed by atoms with Gasteiger partial charge in [0.05, 0.1) is 10.5 Å². The standard InChI is InChI=1S/C11H11FN2O6S/c1-5-7(12)2-6(10(16)17)3-8(5)21(19,20)4-9(15)14-11(13)18/h2-3H,4H2,1H3,(H,16,17)(H3,13,14,15,18). The van der Waals surface area contributed by atoms with Crippen molar-refractivity contribution >= 4 is 27.7 Å². The number of hydrogen-bond acceptors (Lipinski definition) is 5. The molecule has 1 aromatic rings. The number of aromatic carboxylic acids is 1. The first-order chi connectivity index (χ1) is 9.54. The van der Waals surface area contributed by atoms with Crippen molar-refractivity contribution in [2.45, 2.75) is 11.8 Å². The molecule has 1 rings (SSSR count). The van der Waals surface area contributed by atoms with Gasteiger partial charge in [0.15, 0.2) is 9.84 Å². The van der Waals surface area contributed by atoms with E-state index in [9.17, 15) is 27.2 Å². The summed E-state index contributed by atoms with van der Waals surface area (Å²) in [6.07, 6.45) is 0. The van der Waals surface area contributed by atoms with Crippen LogP contribution in [0.15, 0.2) is 17.0 Å². The molecule has 0 radical (unpaired) electrons. The topological polar surface area (TPSA) is 144 Å². The SMILES string of the molecule is Cc1c(F)cc(C(=O)O)cc1S(=O)(=O)CC(=O)NC(N)=O. The third-order valence-electron chi connectivity index (χ3n) is 2.46. The first-order valence-electron chi connectivity index (χ1n) is 5.40. The van der Waals surface area contributed by atoms with Crippen molar-refractivity contribution < 1.29 is 32.3 Å². The zero-order chi connectivity index (χ0) is 16.4. The van der Waals surface area contributed by atoms with Gasteiger partial charge < -0.3 is 10.8 Å². The van der Waals surface area contributed by atoms with Gasteiger partial charge in [-0.25, -0.2) is 22.4 Å². The Labute approximate surface area is 118 Å². The molecule has 0 atom stereocenters. The fourth-order valence-corrected chi connectivity index (χ4v) is 2.97. The number of rotatable bonds is 4. The van der Waals surface area contributed by atoms with Crippen LogP contribution in [0, 0.1) is 12.7 Å². The largest absolute Gasteiger partial charge is 0.478 e. The Morgan fingerprint density at radius 1 is 1.33 bits per heavy atom.